The van der Waals surface area contributed by atoms with E-state index >= 15 is 0 Å². The second-order valence-corrected chi connectivity index (χ2v) is 11.8. The summed E-state index contributed by atoms with van der Waals surface area (Å²) >= 11 is -1.19. The number of fused-ring (bicyclic) bond motifs is 2. The topological polar surface area (TPSA) is 104 Å². The molecule has 3 amide bonds. The van der Waals surface area contributed by atoms with Crippen molar-refractivity contribution >= 4 is 50.2 Å². The average molecular weight is 486 g/mol. The summed E-state index contributed by atoms with van der Waals surface area (Å²) in [5.74, 6) is -1.61. The Balaban J connectivity index is 1.75. The Labute approximate surface area is 187 Å². The maximum absolute atomic E-state index is 12.9. The molecule has 2 aromatic carbocycles. The van der Waals surface area contributed by atoms with Gasteiger partial charge in [-0.15, -0.1) is 0 Å². The first-order valence-electron chi connectivity index (χ1n) is 10.3. The van der Waals surface area contributed by atoms with Crippen LogP contribution in [-0.4, -0.2) is 63.0 Å². The molecule has 164 valence electrons. The third kappa shape index (κ3) is 4.98. The molecule has 0 radical (unpaired) electrons. The standard InChI is InChI=1S/C23H27AsN2O5/c1-13(2)10-19(20(27)25-3)24-18(23(30)31)8-9-26-21(28)16-11-14-6-4-5-7-15(14)12-17(16)22(26)29/h4-7,11-13,18-19,24H,8-10H2,1-3H3,(H,25,27)(H,30,31)/t18?,19-/m1/s1. The maximum atomic E-state index is 12.9. The van der Waals surface area contributed by atoms with Crippen LogP contribution in [0.4, 0.5) is 0 Å². The Morgan fingerprint density at radius 2 is 1.58 bits per heavy atom. The van der Waals surface area contributed by atoms with E-state index < -0.39 is 26.4 Å². The molecule has 0 aromatic heterocycles. The van der Waals surface area contributed by atoms with Crippen LogP contribution in [-0.2, 0) is 9.59 Å². The second-order valence-electron chi connectivity index (χ2n) is 8.15. The Hall–Kier alpha value is -2.66. The van der Waals surface area contributed by atoms with Crippen molar-refractivity contribution in [2.45, 2.75) is 36.1 Å². The van der Waals surface area contributed by atoms with Crippen LogP contribution < -0.4 is 5.32 Å². The van der Waals surface area contributed by atoms with Gasteiger partial charge >= 0.3 is 188 Å². The van der Waals surface area contributed by atoms with E-state index in [-0.39, 0.29) is 41.3 Å². The molecule has 1 aliphatic heterocycles. The summed E-state index contributed by atoms with van der Waals surface area (Å²) < 4.78 is -1.01. The third-order valence-corrected chi connectivity index (χ3v) is 9.31. The van der Waals surface area contributed by atoms with Crippen LogP contribution in [0.15, 0.2) is 36.4 Å². The number of hydrogen-bond donors (Lipinski definition) is 2. The molecule has 3 rings (SSSR count). The van der Waals surface area contributed by atoms with Gasteiger partial charge in [-0.1, -0.05) is 0 Å². The molecule has 1 aliphatic rings. The van der Waals surface area contributed by atoms with Gasteiger partial charge in [-0.3, -0.25) is 0 Å². The molecule has 0 aliphatic carbocycles. The van der Waals surface area contributed by atoms with E-state index in [4.69, 9.17) is 0 Å². The fourth-order valence-electron chi connectivity index (χ4n) is 3.86. The fraction of sp³-hybridized carbons (Fsp3) is 0.391. The van der Waals surface area contributed by atoms with Gasteiger partial charge in [-0.05, 0) is 0 Å². The van der Waals surface area contributed by atoms with E-state index in [1.807, 2.05) is 38.1 Å². The molecule has 1 heterocycles. The number of aliphatic carboxylic acids is 1. The zero-order valence-corrected chi connectivity index (χ0v) is 19.9. The van der Waals surface area contributed by atoms with Crippen molar-refractivity contribution in [2.24, 2.45) is 5.92 Å². The number of carbonyl (C=O) groups is 4. The number of carboxylic acids is 1. The summed E-state index contributed by atoms with van der Waals surface area (Å²) in [5, 5.41) is 14.1. The zero-order chi connectivity index (χ0) is 22.7. The van der Waals surface area contributed by atoms with E-state index in [0.717, 1.165) is 15.7 Å². The molecular formula is C23H27AsN2O5. The van der Waals surface area contributed by atoms with Gasteiger partial charge in [-0.25, -0.2) is 0 Å². The Morgan fingerprint density at radius 3 is 2.03 bits per heavy atom. The number of amides is 3. The quantitative estimate of drug-likeness (QED) is 0.419. The van der Waals surface area contributed by atoms with Crippen molar-refractivity contribution in [1.82, 2.24) is 10.2 Å². The van der Waals surface area contributed by atoms with Crippen molar-refractivity contribution in [3.63, 3.8) is 0 Å². The number of rotatable bonds is 9. The Kier molecular flexibility index (Phi) is 7.16. The van der Waals surface area contributed by atoms with Crippen LogP contribution in [0.1, 0.15) is 47.4 Å². The molecule has 0 fully saturated rings. The molecule has 0 spiro atoms. The molecule has 7 nitrogen and oxygen atoms in total. The monoisotopic (exact) mass is 486 g/mol. The Bertz CT molecular complexity index is 981. The summed E-state index contributed by atoms with van der Waals surface area (Å²) in [6, 6.07) is 10.9. The van der Waals surface area contributed by atoms with E-state index in [0.29, 0.717) is 17.5 Å². The minimum absolute atomic E-state index is 0.0330. The molecule has 3 atom stereocenters. The molecule has 0 saturated carbocycles. The average Bonchev–Trinajstić information content (AvgIpc) is 2.97. The number of carbonyl (C=O) groups excluding carboxylic acids is 3. The van der Waals surface area contributed by atoms with Crippen LogP contribution in [0, 0.1) is 5.92 Å². The van der Waals surface area contributed by atoms with Crippen LogP contribution in [0.2, 0.25) is 9.41 Å². The summed E-state index contributed by atoms with van der Waals surface area (Å²) in [4.78, 5) is 51.0. The fourth-order valence-corrected chi connectivity index (χ4v) is 7.69. The van der Waals surface area contributed by atoms with Crippen LogP contribution in [0.25, 0.3) is 10.8 Å². The normalized spacial score (nSPS) is 15.7. The van der Waals surface area contributed by atoms with Gasteiger partial charge in [0.15, 0.2) is 0 Å². The van der Waals surface area contributed by atoms with Gasteiger partial charge in [0.05, 0.1) is 0 Å². The third-order valence-electron chi connectivity index (χ3n) is 5.45. The predicted molar refractivity (Wildman–Crippen MR) is 120 cm³/mol. The summed E-state index contributed by atoms with van der Waals surface area (Å²) in [6.45, 7) is 4.03. The molecule has 8 heteroatoms. The van der Waals surface area contributed by atoms with Crippen LogP contribution in [0.3, 0.4) is 0 Å². The van der Waals surface area contributed by atoms with Crippen molar-refractivity contribution in [1.29, 1.82) is 0 Å². The Morgan fingerprint density at radius 1 is 1.03 bits per heavy atom. The zero-order valence-electron chi connectivity index (χ0n) is 17.8. The molecule has 2 N–H and O–H groups in total. The van der Waals surface area contributed by atoms with Gasteiger partial charge in [-0.2, -0.15) is 0 Å². The van der Waals surface area contributed by atoms with E-state index in [1.165, 1.54) is 0 Å². The van der Waals surface area contributed by atoms with Crippen LogP contribution in [0.5, 0.6) is 0 Å². The molecule has 31 heavy (non-hydrogen) atoms. The first-order valence-corrected chi connectivity index (χ1v) is 12.7. The van der Waals surface area contributed by atoms with E-state index in [1.54, 1.807) is 19.2 Å². The number of nitrogens with one attached hydrogen (secondary N) is 1. The number of imide groups is 1. The molecule has 2 aromatic rings. The van der Waals surface area contributed by atoms with Crippen molar-refractivity contribution < 1.29 is 24.3 Å². The summed E-state index contributed by atoms with van der Waals surface area (Å²) in [6.07, 6.45) is 0.787. The van der Waals surface area contributed by atoms with Gasteiger partial charge in [0.2, 0.25) is 0 Å². The van der Waals surface area contributed by atoms with Gasteiger partial charge < -0.3 is 0 Å². The SMILES string of the molecule is CNC(=O)[C@@H](CC(C)C)[AsH]C(CCN1C(=O)c2cc3ccccc3cc2C1=O)C(=O)O. The van der Waals surface area contributed by atoms with Crippen molar-refractivity contribution in [3.8, 4) is 0 Å². The number of benzene rings is 2. The minimum atomic E-state index is -1.19. The van der Waals surface area contributed by atoms with Gasteiger partial charge in [0.25, 0.3) is 0 Å². The number of nitrogens with zero attached hydrogens (tertiary/aromatic N) is 1. The number of carboxylic acid groups (broad SMARTS) is 1. The predicted octanol–water partition coefficient (Wildman–Crippen LogP) is 2.72. The molecule has 0 bridgehead atoms. The van der Waals surface area contributed by atoms with Gasteiger partial charge in [0.1, 0.15) is 0 Å². The second kappa shape index (κ2) is 9.65. The molecule has 0 saturated heterocycles. The summed E-state index contributed by atoms with van der Waals surface area (Å²) in [5.41, 5.74) is 0.712. The first kappa shape index (κ1) is 23.0. The van der Waals surface area contributed by atoms with Crippen molar-refractivity contribution in [2.75, 3.05) is 13.6 Å². The first-order chi connectivity index (χ1) is 14.7. The number of hydrogen-bond acceptors (Lipinski definition) is 4. The van der Waals surface area contributed by atoms with Crippen LogP contribution >= 0.6 is 0 Å². The summed E-state index contributed by atoms with van der Waals surface area (Å²) in [7, 11) is 1.56. The molecular weight excluding hydrogens is 459 g/mol. The van der Waals surface area contributed by atoms with E-state index in [2.05, 4.69) is 5.32 Å². The van der Waals surface area contributed by atoms with Gasteiger partial charge in [0, 0.05) is 0 Å². The van der Waals surface area contributed by atoms with Crippen molar-refractivity contribution in [3.05, 3.63) is 47.5 Å². The van der Waals surface area contributed by atoms with E-state index in [9.17, 15) is 24.3 Å². The molecule has 2 unspecified atom stereocenters.